The highest BCUT2D eigenvalue weighted by Gasteiger charge is 2.21. The zero-order valence-electron chi connectivity index (χ0n) is 34.9. The van der Waals surface area contributed by atoms with Crippen LogP contribution in [0.1, 0.15) is 0 Å². The summed E-state index contributed by atoms with van der Waals surface area (Å²) in [4.78, 5) is 16.2. The molecule has 6 heteroatoms. The highest BCUT2D eigenvalue weighted by atomic mass is 32.1. The minimum atomic E-state index is 0.574. The van der Waals surface area contributed by atoms with E-state index in [9.17, 15) is 0 Å². The molecule has 302 valence electrons. The van der Waals surface area contributed by atoms with E-state index in [-0.39, 0.29) is 0 Å². The molecule has 4 aromatic heterocycles. The van der Waals surface area contributed by atoms with Crippen LogP contribution < -0.4 is 0 Å². The van der Waals surface area contributed by atoms with Crippen LogP contribution in [0.25, 0.3) is 131 Å². The lowest BCUT2D eigenvalue weighted by atomic mass is 9.97. The molecule has 10 aromatic carbocycles. The smallest absolute Gasteiger partial charge is 0.238 e. The van der Waals surface area contributed by atoms with Crippen molar-refractivity contribution in [3.63, 3.8) is 0 Å². The number of nitrogens with zero attached hydrogens (tertiary/aromatic N) is 5. The van der Waals surface area contributed by atoms with Gasteiger partial charge in [0.2, 0.25) is 5.95 Å². The van der Waals surface area contributed by atoms with Crippen molar-refractivity contribution in [2.75, 3.05) is 0 Å². The predicted octanol–water partition coefficient (Wildman–Crippen LogP) is 15.7. The zero-order valence-corrected chi connectivity index (χ0v) is 35.7. The van der Waals surface area contributed by atoms with E-state index in [1.165, 1.54) is 52.8 Å². The second-order valence-electron chi connectivity index (χ2n) is 16.8. The molecule has 5 nitrogen and oxygen atoms in total. The number of hydrogen-bond acceptors (Lipinski definition) is 4. The lowest BCUT2D eigenvalue weighted by Crippen LogP contribution is -2.06. The van der Waals surface area contributed by atoms with E-state index in [1.54, 1.807) is 0 Å². The second kappa shape index (κ2) is 14.0. The summed E-state index contributed by atoms with van der Waals surface area (Å²) in [6.45, 7) is 0. The quantitative estimate of drug-likeness (QED) is 0.162. The Bertz CT molecular complexity index is 4200. The average Bonchev–Trinajstić information content (AvgIpc) is 4.03. The van der Waals surface area contributed by atoms with E-state index in [0.717, 1.165) is 60.4 Å². The SMILES string of the molecule is c1ccc2c(c1)cc(-c1nc(-c3ccc4c5ccccc5n(-c5ccc(-c6ccc7sc8ccccc8c7c6)cc5)c4c3)nc(-n3c4ccccc4c4ccccc43)n1)c1ccccc12. The fraction of sp³-hybridized carbons (Fsp3) is 0. The third-order valence-electron chi connectivity index (χ3n) is 13.2. The molecule has 0 radical (unpaired) electrons. The monoisotopic (exact) mass is 845 g/mol. The first-order valence-electron chi connectivity index (χ1n) is 21.9. The van der Waals surface area contributed by atoms with Gasteiger partial charge in [-0.1, -0.05) is 152 Å². The maximum Gasteiger partial charge on any atom is 0.238 e. The summed E-state index contributed by atoms with van der Waals surface area (Å²) < 4.78 is 7.20. The van der Waals surface area contributed by atoms with Crippen LogP contribution in [0.15, 0.2) is 212 Å². The van der Waals surface area contributed by atoms with Crippen LogP contribution >= 0.6 is 11.3 Å². The van der Waals surface area contributed by atoms with Gasteiger partial charge in [-0.15, -0.1) is 11.3 Å². The molecule has 0 atom stereocenters. The summed E-state index contributed by atoms with van der Waals surface area (Å²) in [5.41, 5.74) is 9.67. The maximum absolute atomic E-state index is 5.40. The molecule has 65 heavy (non-hydrogen) atoms. The third-order valence-corrected chi connectivity index (χ3v) is 14.3. The molecular weight excluding hydrogens is 811 g/mol. The summed E-state index contributed by atoms with van der Waals surface area (Å²) in [7, 11) is 0. The van der Waals surface area contributed by atoms with Gasteiger partial charge in [-0.2, -0.15) is 9.97 Å². The molecular formula is C59H35N5S. The van der Waals surface area contributed by atoms with E-state index >= 15 is 0 Å². The Balaban J connectivity index is 0.978. The van der Waals surface area contributed by atoms with Gasteiger partial charge in [0.15, 0.2) is 11.6 Å². The molecule has 4 heterocycles. The Labute approximate surface area is 376 Å². The Hall–Kier alpha value is -8.45. The molecule has 0 aliphatic heterocycles. The Morgan fingerprint density at radius 1 is 0.308 bits per heavy atom. The van der Waals surface area contributed by atoms with Gasteiger partial charge in [-0.25, -0.2) is 4.98 Å². The minimum absolute atomic E-state index is 0.574. The number of hydrogen-bond donors (Lipinski definition) is 0. The van der Waals surface area contributed by atoms with Crippen LogP contribution in [0, 0.1) is 0 Å². The average molecular weight is 846 g/mol. The van der Waals surface area contributed by atoms with Crippen LogP contribution in [0.5, 0.6) is 0 Å². The molecule has 0 amide bonds. The van der Waals surface area contributed by atoms with Crippen LogP contribution in [-0.4, -0.2) is 24.1 Å². The molecule has 0 fully saturated rings. The fourth-order valence-corrected chi connectivity index (χ4v) is 11.3. The van der Waals surface area contributed by atoms with Crippen molar-refractivity contribution in [2.45, 2.75) is 0 Å². The van der Waals surface area contributed by atoms with E-state index in [1.807, 2.05) is 11.3 Å². The minimum Gasteiger partial charge on any atom is -0.309 e. The Kier molecular flexibility index (Phi) is 7.79. The topological polar surface area (TPSA) is 48.5 Å². The van der Waals surface area contributed by atoms with E-state index < -0.39 is 0 Å². The Morgan fingerprint density at radius 3 is 1.58 bits per heavy atom. The van der Waals surface area contributed by atoms with Gasteiger partial charge in [0.25, 0.3) is 0 Å². The van der Waals surface area contributed by atoms with Crippen molar-refractivity contribution in [2.24, 2.45) is 0 Å². The van der Waals surface area contributed by atoms with Gasteiger partial charge in [0, 0.05) is 58.5 Å². The molecule has 0 aliphatic rings. The number of fused-ring (bicyclic) bond motifs is 12. The molecule has 0 unspecified atom stereocenters. The van der Waals surface area contributed by atoms with Gasteiger partial charge in [-0.3, -0.25) is 4.57 Å². The lowest BCUT2D eigenvalue weighted by Gasteiger charge is -2.14. The van der Waals surface area contributed by atoms with Crippen molar-refractivity contribution < 1.29 is 0 Å². The first-order chi connectivity index (χ1) is 32.2. The maximum atomic E-state index is 5.40. The van der Waals surface area contributed by atoms with Crippen LogP contribution in [0.2, 0.25) is 0 Å². The molecule has 0 N–H and O–H groups in total. The molecule has 0 bridgehead atoms. The van der Waals surface area contributed by atoms with Crippen LogP contribution in [-0.2, 0) is 0 Å². The summed E-state index contributed by atoms with van der Waals surface area (Å²) >= 11 is 1.85. The highest BCUT2D eigenvalue weighted by molar-refractivity contribution is 7.25. The summed E-state index contributed by atoms with van der Waals surface area (Å²) in [5, 5.41) is 11.9. The van der Waals surface area contributed by atoms with E-state index in [0.29, 0.717) is 17.6 Å². The second-order valence-corrected chi connectivity index (χ2v) is 17.9. The normalized spacial score (nSPS) is 12.0. The number of benzene rings is 10. The van der Waals surface area contributed by atoms with Crippen molar-refractivity contribution in [3.05, 3.63) is 212 Å². The Morgan fingerprint density at radius 2 is 0.846 bits per heavy atom. The van der Waals surface area contributed by atoms with E-state index in [4.69, 9.17) is 15.0 Å². The molecule has 14 rings (SSSR count). The third kappa shape index (κ3) is 5.54. The van der Waals surface area contributed by atoms with Gasteiger partial charge in [0.1, 0.15) is 0 Å². The standard InChI is InChI=1S/C59H35N5S/c1-2-14-41-38(13-1)34-50(43-16-4-3-15-42(41)43)58-60-57(61-59(62-58)64-52-22-10-6-17-44(52)45-18-7-11-23-53(45)64)39-27-31-47-46-19-5-9-21-51(46)63(54(47)35-39)40-29-25-36(26-30-40)37-28-32-56-49(33-37)48-20-8-12-24-55(48)65-56/h1-35H. The number of para-hydroxylation sites is 3. The van der Waals surface area contributed by atoms with Crippen LogP contribution in [0.4, 0.5) is 0 Å². The molecule has 0 spiro atoms. The largest absolute Gasteiger partial charge is 0.309 e. The fourth-order valence-electron chi connectivity index (χ4n) is 10.2. The molecule has 0 aliphatic carbocycles. The lowest BCUT2D eigenvalue weighted by molar-refractivity contribution is 0.954. The molecule has 0 saturated heterocycles. The van der Waals surface area contributed by atoms with Crippen molar-refractivity contribution in [1.29, 1.82) is 0 Å². The van der Waals surface area contributed by atoms with Crippen molar-refractivity contribution >= 4 is 96.7 Å². The summed E-state index contributed by atoms with van der Waals surface area (Å²) in [6.07, 6.45) is 0. The van der Waals surface area contributed by atoms with Gasteiger partial charge in [0.05, 0.1) is 22.1 Å². The number of rotatable bonds is 5. The predicted molar refractivity (Wildman–Crippen MR) is 273 cm³/mol. The summed E-state index contributed by atoms with van der Waals surface area (Å²) in [6, 6.07) is 76.3. The van der Waals surface area contributed by atoms with Crippen LogP contribution in [0.3, 0.4) is 0 Å². The van der Waals surface area contributed by atoms with Crippen molar-refractivity contribution in [1.82, 2.24) is 24.1 Å². The first kappa shape index (κ1) is 36.1. The summed E-state index contributed by atoms with van der Waals surface area (Å²) in [5.74, 6) is 1.80. The first-order valence-corrected chi connectivity index (χ1v) is 22.7. The van der Waals surface area contributed by atoms with Gasteiger partial charge in [-0.05, 0) is 93.3 Å². The van der Waals surface area contributed by atoms with Gasteiger partial charge >= 0.3 is 0 Å². The number of thiophene rings is 1. The highest BCUT2D eigenvalue weighted by Crippen LogP contribution is 2.40. The number of aromatic nitrogens is 5. The zero-order chi connectivity index (χ0) is 42.6. The van der Waals surface area contributed by atoms with E-state index in [2.05, 4.69) is 221 Å². The van der Waals surface area contributed by atoms with Gasteiger partial charge < -0.3 is 4.57 Å². The molecule has 14 aromatic rings. The molecule has 0 saturated carbocycles. The van der Waals surface area contributed by atoms with Crippen molar-refractivity contribution in [3.8, 4) is 45.5 Å².